The quantitative estimate of drug-likeness (QED) is 0.723. The molecule has 1 fully saturated rings. The Balaban J connectivity index is 2.11. The lowest BCUT2D eigenvalue weighted by atomic mass is 10.2. The van der Waals surface area contributed by atoms with Crippen LogP contribution in [0.25, 0.3) is 0 Å². The molecule has 0 spiro atoms. The summed E-state index contributed by atoms with van der Waals surface area (Å²) in [6.45, 7) is 4.18. The Labute approximate surface area is 135 Å². The van der Waals surface area contributed by atoms with Gasteiger partial charge < -0.3 is 9.80 Å². The number of nitrogens with zero attached hydrogens (tertiary/aromatic N) is 2. The molecule has 1 heterocycles. The van der Waals surface area contributed by atoms with Crippen LogP contribution in [0.15, 0.2) is 27.1 Å². The highest BCUT2D eigenvalue weighted by atomic mass is 79.9. The van der Waals surface area contributed by atoms with Crippen molar-refractivity contribution < 1.29 is 9.59 Å². The molecule has 1 aromatic carbocycles. The number of hydrogen-bond acceptors (Lipinski definition) is 2. The van der Waals surface area contributed by atoms with Gasteiger partial charge in [0.15, 0.2) is 0 Å². The van der Waals surface area contributed by atoms with Crippen molar-refractivity contribution in [2.24, 2.45) is 0 Å². The Morgan fingerprint density at radius 2 is 1.50 bits per heavy atom. The van der Waals surface area contributed by atoms with E-state index in [0.717, 1.165) is 21.9 Å². The van der Waals surface area contributed by atoms with Gasteiger partial charge in [0.2, 0.25) is 5.91 Å². The summed E-state index contributed by atoms with van der Waals surface area (Å²) >= 11 is 6.79. The highest BCUT2D eigenvalue weighted by Crippen LogP contribution is 2.21. The molecule has 0 aliphatic carbocycles. The number of carbonyl (C=O) groups excluding carboxylic acids is 2. The van der Waals surface area contributed by atoms with Crippen LogP contribution in [0.1, 0.15) is 23.7 Å². The summed E-state index contributed by atoms with van der Waals surface area (Å²) in [6.07, 6.45) is 0.820. The number of amides is 2. The van der Waals surface area contributed by atoms with Crippen LogP contribution in [-0.4, -0.2) is 47.8 Å². The van der Waals surface area contributed by atoms with E-state index in [0.29, 0.717) is 25.2 Å². The second kappa shape index (κ2) is 6.72. The Kier molecular flexibility index (Phi) is 5.21. The minimum Gasteiger partial charge on any atom is -0.341 e. The van der Waals surface area contributed by atoms with E-state index in [9.17, 15) is 9.59 Å². The summed E-state index contributed by atoms with van der Waals surface area (Å²) in [4.78, 5) is 27.5. The van der Waals surface area contributed by atoms with Crippen molar-refractivity contribution in [3.05, 3.63) is 32.7 Å². The lowest BCUT2D eigenvalue weighted by Gasteiger charge is -2.21. The molecule has 1 aliphatic heterocycles. The molecule has 4 nitrogen and oxygen atoms in total. The molecule has 0 bridgehead atoms. The molecule has 0 N–H and O–H groups in total. The van der Waals surface area contributed by atoms with Crippen molar-refractivity contribution in [3.8, 4) is 0 Å². The third-order valence-corrected chi connectivity index (χ3v) is 4.25. The Morgan fingerprint density at radius 3 is 2.10 bits per heavy atom. The zero-order chi connectivity index (χ0) is 14.7. The molecule has 0 aromatic heterocycles. The van der Waals surface area contributed by atoms with Crippen molar-refractivity contribution >= 4 is 43.7 Å². The van der Waals surface area contributed by atoms with E-state index in [-0.39, 0.29) is 11.8 Å². The van der Waals surface area contributed by atoms with Crippen LogP contribution in [0.4, 0.5) is 0 Å². The molecule has 6 heteroatoms. The van der Waals surface area contributed by atoms with E-state index in [1.807, 2.05) is 23.1 Å². The molecule has 1 aromatic rings. The zero-order valence-electron chi connectivity index (χ0n) is 11.2. The predicted molar refractivity (Wildman–Crippen MR) is 84.6 cm³/mol. The molecule has 2 rings (SSSR count). The van der Waals surface area contributed by atoms with Crippen molar-refractivity contribution in [3.63, 3.8) is 0 Å². The SMILES string of the molecule is CC(=O)N1CCCN(C(=O)c2cc(Br)cc(Br)c2)CC1. The van der Waals surface area contributed by atoms with E-state index >= 15 is 0 Å². The molecule has 1 aliphatic rings. The maximum Gasteiger partial charge on any atom is 0.253 e. The van der Waals surface area contributed by atoms with Crippen molar-refractivity contribution in [2.75, 3.05) is 26.2 Å². The van der Waals surface area contributed by atoms with E-state index in [1.54, 1.807) is 11.8 Å². The topological polar surface area (TPSA) is 40.6 Å². The molecule has 108 valence electrons. The molecule has 0 radical (unpaired) electrons. The first kappa shape index (κ1) is 15.5. The van der Waals surface area contributed by atoms with Crippen molar-refractivity contribution in [2.45, 2.75) is 13.3 Å². The molecule has 0 atom stereocenters. The van der Waals surface area contributed by atoms with Gasteiger partial charge >= 0.3 is 0 Å². The van der Waals surface area contributed by atoms with Crippen molar-refractivity contribution in [1.29, 1.82) is 0 Å². The standard InChI is InChI=1S/C14H16Br2N2O2/c1-10(19)17-3-2-4-18(6-5-17)14(20)11-7-12(15)9-13(16)8-11/h7-9H,2-6H2,1H3. The van der Waals surface area contributed by atoms with Crippen LogP contribution in [0.2, 0.25) is 0 Å². The monoisotopic (exact) mass is 402 g/mol. The van der Waals surface area contributed by atoms with Gasteiger partial charge in [-0.25, -0.2) is 0 Å². The van der Waals surface area contributed by atoms with Crippen LogP contribution < -0.4 is 0 Å². The molecule has 2 amide bonds. The fraction of sp³-hybridized carbons (Fsp3) is 0.429. The number of benzene rings is 1. The first-order valence-corrected chi connectivity index (χ1v) is 8.07. The van der Waals surface area contributed by atoms with Gasteiger partial charge in [0, 0.05) is 47.6 Å². The van der Waals surface area contributed by atoms with E-state index in [2.05, 4.69) is 31.9 Å². The Bertz CT molecular complexity index is 514. The molecule has 0 saturated carbocycles. The zero-order valence-corrected chi connectivity index (χ0v) is 14.4. The normalized spacial score (nSPS) is 15.9. The Morgan fingerprint density at radius 1 is 0.950 bits per heavy atom. The highest BCUT2D eigenvalue weighted by Gasteiger charge is 2.21. The van der Waals surface area contributed by atoms with Gasteiger partial charge in [-0.3, -0.25) is 9.59 Å². The van der Waals surface area contributed by atoms with Crippen molar-refractivity contribution in [1.82, 2.24) is 9.80 Å². The van der Waals surface area contributed by atoms with E-state index in [4.69, 9.17) is 0 Å². The minimum atomic E-state index is 0.0115. The lowest BCUT2D eigenvalue weighted by molar-refractivity contribution is -0.128. The fourth-order valence-corrected chi connectivity index (χ4v) is 3.59. The van der Waals surface area contributed by atoms with Crippen LogP contribution in [0.3, 0.4) is 0 Å². The average molecular weight is 404 g/mol. The maximum absolute atomic E-state index is 12.5. The summed E-state index contributed by atoms with van der Waals surface area (Å²) in [6, 6.07) is 5.54. The van der Waals surface area contributed by atoms with Crippen LogP contribution in [-0.2, 0) is 4.79 Å². The lowest BCUT2D eigenvalue weighted by Crippen LogP contribution is -2.36. The van der Waals surface area contributed by atoms with Gasteiger partial charge in [-0.2, -0.15) is 0 Å². The smallest absolute Gasteiger partial charge is 0.253 e. The van der Waals surface area contributed by atoms with Crippen LogP contribution in [0, 0.1) is 0 Å². The average Bonchev–Trinajstić information content (AvgIpc) is 2.62. The summed E-state index contributed by atoms with van der Waals surface area (Å²) in [7, 11) is 0. The number of halogens is 2. The molecular formula is C14H16Br2N2O2. The molecule has 1 saturated heterocycles. The third-order valence-electron chi connectivity index (χ3n) is 3.34. The predicted octanol–water partition coefficient (Wildman–Crippen LogP) is 2.91. The summed E-state index contributed by atoms with van der Waals surface area (Å²) in [5.74, 6) is 0.0851. The van der Waals surface area contributed by atoms with Crippen LogP contribution >= 0.6 is 31.9 Å². The summed E-state index contributed by atoms with van der Waals surface area (Å²) in [5, 5.41) is 0. The first-order valence-electron chi connectivity index (χ1n) is 6.48. The van der Waals surface area contributed by atoms with Crippen LogP contribution in [0.5, 0.6) is 0 Å². The van der Waals surface area contributed by atoms with E-state index < -0.39 is 0 Å². The largest absolute Gasteiger partial charge is 0.341 e. The number of rotatable bonds is 1. The maximum atomic E-state index is 12.5. The third kappa shape index (κ3) is 3.82. The summed E-state index contributed by atoms with van der Waals surface area (Å²) in [5.41, 5.74) is 0.655. The second-order valence-electron chi connectivity index (χ2n) is 4.81. The second-order valence-corrected chi connectivity index (χ2v) is 6.64. The van der Waals surface area contributed by atoms with Gasteiger partial charge in [0.25, 0.3) is 5.91 Å². The molecule has 0 unspecified atom stereocenters. The number of hydrogen-bond donors (Lipinski definition) is 0. The minimum absolute atomic E-state index is 0.0115. The van der Waals surface area contributed by atoms with Gasteiger partial charge in [0.05, 0.1) is 0 Å². The fourth-order valence-electron chi connectivity index (χ4n) is 2.30. The summed E-state index contributed by atoms with van der Waals surface area (Å²) < 4.78 is 1.74. The molecular weight excluding hydrogens is 388 g/mol. The number of carbonyl (C=O) groups is 2. The first-order chi connectivity index (χ1) is 9.47. The van der Waals surface area contributed by atoms with Gasteiger partial charge in [-0.15, -0.1) is 0 Å². The van der Waals surface area contributed by atoms with E-state index in [1.165, 1.54) is 0 Å². The van der Waals surface area contributed by atoms with Gasteiger partial charge in [-0.05, 0) is 24.6 Å². The Hall–Kier alpha value is -0.880. The highest BCUT2D eigenvalue weighted by molar-refractivity contribution is 9.11. The van der Waals surface area contributed by atoms with Gasteiger partial charge in [-0.1, -0.05) is 31.9 Å². The molecule has 20 heavy (non-hydrogen) atoms. The van der Waals surface area contributed by atoms with Gasteiger partial charge in [0.1, 0.15) is 0 Å².